The minimum atomic E-state index is -2.90. The topological polar surface area (TPSA) is 63.4 Å². The number of hydrogen-bond acceptors (Lipinski definition) is 4. The molecule has 1 rings (SSSR count). The molecule has 0 aliphatic heterocycles. The number of sulfone groups is 1. The van der Waals surface area contributed by atoms with E-state index in [1.54, 1.807) is 0 Å². The van der Waals surface area contributed by atoms with Crippen molar-refractivity contribution >= 4 is 15.5 Å². The van der Waals surface area contributed by atoms with Gasteiger partial charge in [-0.3, -0.25) is 4.90 Å². The monoisotopic (exact) mass is 270 g/mol. The van der Waals surface area contributed by atoms with E-state index in [4.69, 9.17) is 5.73 Å². The molecule has 0 aromatic heterocycles. The number of benzene rings is 1. The van der Waals surface area contributed by atoms with Gasteiger partial charge in [-0.2, -0.15) is 0 Å². The van der Waals surface area contributed by atoms with Gasteiger partial charge in [0.15, 0.2) is 0 Å². The highest BCUT2D eigenvalue weighted by molar-refractivity contribution is 7.90. The molecule has 0 atom stereocenters. The lowest BCUT2D eigenvalue weighted by atomic mass is 10.2. The van der Waals surface area contributed by atoms with E-state index in [2.05, 4.69) is 11.8 Å². The zero-order valence-electron chi connectivity index (χ0n) is 11.1. The first-order valence-electron chi connectivity index (χ1n) is 6.15. The van der Waals surface area contributed by atoms with E-state index >= 15 is 0 Å². The Balaban J connectivity index is 2.59. The summed E-state index contributed by atoms with van der Waals surface area (Å²) in [6.45, 7) is 4.34. The molecule has 0 saturated heterocycles. The van der Waals surface area contributed by atoms with Crippen LogP contribution in [0.3, 0.4) is 0 Å². The maximum absolute atomic E-state index is 11.2. The van der Waals surface area contributed by atoms with Crippen LogP contribution in [0, 0.1) is 0 Å². The fraction of sp³-hybridized carbons (Fsp3) is 0.538. The molecule has 0 spiro atoms. The lowest BCUT2D eigenvalue weighted by Gasteiger charge is -2.21. The van der Waals surface area contributed by atoms with E-state index in [9.17, 15) is 8.42 Å². The maximum Gasteiger partial charge on any atom is 0.148 e. The summed E-state index contributed by atoms with van der Waals surface area (Å²) in [4.78, 5) is 2.16. The van der Waals surface area contributed by atoms with E-state index in [0.29, 0.717) is 6.54 Å². The van der Waals surface area contributed by atoms with Crippen LogP contribution in [0.2, 0.25) is 0 Å². The molecule has 18 heavy (non-hydrogen) atoms. The molecule has 0 radical (unpaired) electrons. The van der Waals surface area contributed by atoms with Crippen LogP contribution in [0.15, 0.2) is 24.3 Å². The van der Waals surface area contributed by atoms with Crippen molar-refractivity contribution in [2.75, 3.05) is 30.8 Å². The Hall–Kier alpha value is -1.07. The second-order valence-corrected chi connectivity index (χ2v) is 6.91. The first-order valence-corrected chi connectivity index (χ1v) is 8.21. The first-order chi connectivity index (χ1) is 8.40. The summed E-state index contributed by atoms with van der Waals surface area (Å²) in [6, 6.07) is 7.71. The largest absolute Gasteiger partial charge is 0.399 e. The van der Waals surface area contributed by atoms with Crippen LogP contribution in [-0.2, 0) is 16.4 Å². The van der Waals surface area contributed by atoms with Gasteiger partial charge in [0.2, 0.25) is 0 Å². The maximum atomic E-state index is 11.2. The van der Waals surface area contributed by atoms with Crippen molar-refractivity contribution in [3.8, 4) is 0 Å². The Kier molecular flexibility index (Phi) is 5.62. The third-order valence-electron chi connectivity index (χ3n) is 2.70. The van der Waals surface area contributed by atoms with Crippen molar-refractivity contribution in [2.45, 2.75) is 19.9 Å². The molecule has 5 heteroatoms. The van der Waals surface area contributed by atoms with Crippen LogP contribution in [0.5, 0.6) is 0 Å². The normalized spacial score (nSPS) is 11.9. The first kappa shape index (κ1) is 15.0. The minimum absolute atomic E-state index is 0.210. The lowest BCUT2D eigenvalue weighted by Crippen LogP contribution is -2.29. The molecule has 2 N–H and O–H groups in total. The Labute approximate surface area is 110 Å². The SMILES string of the molecule is CCCN(CCS(C)(=O)=O)Cc1ccc(N)cc1. The van der Waals surface area contributed by atoms with Gasteiger partial charge in [0.1, 0.15) is 9.84 Å². The average Bonchev–Trinajstić information content (AvgIpc) is 2.28. The number of nitrogens with two attached hydrogens (primary N) is 1. The van der Waals surface area contributed by atoms with E-state index in [1.165, 1.54) is 6.26 Å². The van der Waals surface area contributed by atoms with Gasteiger partial charge in [0.05, 0.1) is 5.75 Å². The fourth-order valence-corrected chi connectivity index (χ4v) is 2.35. The van der Waals surface area contributed by atoms with Gasteiger partial charge in [-0.25, -0.2) is 8.42 Å². The van der Waals surface area contributed by atoms with Crippen LogP contribution < -0.4 is 5.73 Å². The molecule has 0 bridgehead atoms. The van der Waals surface area contributed by atoms with Gasteiger partial charge in [0.25, 0.3) is 0 Å². The van der Waals surface area contributed by atoms with Gasteiger partial charge in [0, 0.05) is 25.0 Å². The predicted octanol–water partition coefficient (Wildman–Crippen LogP) is 1.53. The number of nitrogen functional groups attached to an aromatic ring is 1. The summed E-state index contributed by atoms with van der Waals surface area (Å²) in [5, 5.41) is 0. The summed E-state index contributed by atoms with van der Waals surface area (Å²) in [7, 11) is -2.90. The smallest absolute Gasteiger partial charge is 0.148 e. The summed E-state index contributed by atoms with van der Waals surface area (Å²) in [6.07, 6.45) is 2.29. The van der Waals surface area contributed by atoms with Crippen molar-refractivity contribution in [2.24, 2.45) is 0 Å². The van der Waals surface area contributed by atoms with Crippen LogP contribution >= 0.6 is 0 Å². The summed E-state index contributed by atoms with van der Waals surface area (Å²) < 4.78 is 22.4. The van der Waals surface area contributed by atoms with E-state index in [1.807, 2.05) is 24.3 Å². The third-order valence-corrected chi connectivity index (χ3v) is 3.63. The second-order valence-electron chi connectivity index (χ2n) is 4.65. The molecule has 0 aliphatic rings. The quantitative estimate of drug-likeness (QED) is 0.763. The van der Waals surface area contributed by atoms with Crippen LogP contribution in [0.25, 0.3) is 0 Å². The highest BCUT2D eigenvalue weighted by Crippen LogP contribution is 2.09. The molecule has 0 unspecified atom stereocenters. The van der Waals surface area contributed by atoms with Crippen molar-refractivity contribution in [1.82, 2.24) is 4.90 Å². The van der Waals surface area contributed by atoms with Gasteiger partial charge in [-0.15, -0.1) is 0 Å². The molecule has 0 heterocycles. The molecule has 1 aromatic carbocycles. The predicted molar refractivity (Wildman–Crippen MR) is 76.1 cm³/mol. The molecule has 4 nitrogen and oxygen atoms in total. The van der Waals surface area contributed by atoms with Gasteiger partial charge in [-0.1, -0.05) is 19.1 Å². The van der Waals surface area contributed by atoms with Crippen molar-refractivity contribution in [3.63, 3.8) is 0 Å². The summed E-state index contributed by atoms with van der Waals surface area (Å²) in [5.74, 6) is 0.210. The second kappa shape index (κ2) is 6.75. The standard InChI is InChI=1S/C13H22N2O2S/c1-3-8-15(9-10-18(2,16)17)11-12-4-6-13(14)7-5-12/h4-7H,3,8-11,14H2,1-2H3. The van der Waals surface area contributed by atoms with Crippen LogP contribution in [0.4, 0.5) is 5.69 Å². The molecule has 0 amide bonds. The van der Waals surface area contributed by atoms with Gasteiger partial charge >= 0.3 is 0 Å². The number of hydrogen-bond donors (Lipinski definition) is 1. The van der Waals surface area contributed by atoms with Gasteiger partial charge < -0.3 is 5.73 Å². The van der Waals surface area contributed by atoms with E-state index < -0.39 is 9.84 Å². The highest BCUT2D eigenvalue weighted by atomic mass is 32.2. The van der Waals surface area contributed by atoms with E-state index in [0.717, 1.165) is 30.8 Å². The molecular formula is C13H22N2O2S. The molecule has 1 aromatic rings. The summed E-state index contributed by atoms with van der Waals surface area (Å²) >= 11 is 0. The third kappa shape index (κ3) is 6.02. The molecule has 0 aliphatic carbocycles. The van der Waals surface area contributed by atoms with Crippen molar-refractivity contribution in [3.05, 3.63) is 29.8 Å². The zero-order chi connectivity index (χ0) is 13.6. The summed E-state index contributed by atoms with van der Waals surface area (Å²) in [5.41, 5.74) is 7.54. The van der Waals surface area contributed by atoms with Crippen molar-refractivity contribution in [1.29, 1.82) is 0 Å². The Bertz CT molecular complexity index is 454. The molecule has 0 saturated carbocycles. The lowest BCUT2D eigenvalue weighted by molar-refractivity contribution is 0.281. The Morgan fingerprint density at radius 3 is 2.28 bits per heavy atom. The zero-order valence-corrected chi connectivity index (χ0v) is 11.9. The van der Waals surface area contributed by atoms with Crippen LogP contribution in [-0.4, -0.2) is 38.4 Å². The molecule has 102 valence electrons. The molecule has 0 fully saturated rings. The van der Waals surface area contributed by atoms with Crippen molar-refractivity contribution < 1.29 is 8.42 Å². The fourth-order valence-electron chi connectivity index (χ4n) is 1.76. The number of anilines is 1. The Morgan fingerprint density at radius 1 is 1.17 bits per heavy atom. The average molecular weight is 270 g/mol. The number of nitrogens with zero attached hydrogens (tertiary/aromatic N) is 1. The Morgan fingerprint density at radius 2 is 1.78 bits per heavy atom. The van der Waals surface area contributed by atoms with Crippen LogP contribution in [0.1, 0.15) is 18.9 Å². The van der Waals surface area contributed by atoms with Gasteiger partial charge in [-0.05, 0) is 30.7 Å². The minimum Gasteiger partial charge on any atom is -0.399 e. The molecular weight excluding hydrogens is 248 g/mol. The van der Waals surface area contributed by atoms with E-state index in [-0.39, 0.29) is 5.75 Å². The number of rotatable bonds is 7. The highest BCUT2D eigenvalue weighted by Gasteiger charge is 2.09.